The fourth-order valence-corrected chi connectivity index (χ4v) is 3.92. The van der Waals surface area contributed by atoms with Gasteiger partial charge in [0.15, 0.2) is 5.96 Å². The highest BCUT2D eigenvalue weighted by Crippen LogP contribution is 2.27. The van der Waals surface area contributed by atoms with Crippen molar-refractivity contribution in [2.75, 3.05) is 57.6 Å². The number of hydrogen-bond acceptors (Lipinski definition) is 5. The van der Waals surface area contributed by atoms with Crippen LogP contribution in [0.1, 0.15) is 26.2 Å². The minimum absolute atomic E-state index is 0. The molecule has 24 heavy (non-hydrogen) atoms. The van der Waals surface area contributed by atoms with Crippen molar-refractivity contribution in [3.63, 3.8) is 0 Å². The van der Waals surface area contributed by atoms with Gasteiger partial charge in [-0.3, -0.25) is 4.99 Å². The number of nitrogens with zero attached hydrogens (tertiary/aromatic N) is 1. The first kappa shape index (κ1) is 22.3. The maximum Gasteiger partial charge on any atom is 0.191 e. The lowest BCUT2D eigenvalue weighted by Crippen LogP contribution is -2.40. The van der Waals surface area contributed by atoms with E-state index in [-0.39, 0.29) is 24.0 Å². The highest BCUT2D eigenvalue weighted by atomic mass is 127. The van der Waals surface area contributed by atoms with Gasteiger partial charge < -0.3 is 25.2 Å². The molecule has 0 bridgehead atoms. The van der Waals surface area contributed by atoms with Gasteiger partial charge in [-0.2, -0.15) is 11.8 Å². The maximum absolute atomic E-state index is 10.3. The first-order chi connectivity index (χ1) is 11.2. The summed E-state index contributed by atoms with van der Waals surface area (Å²) in [6, 6.07) is 0. The van der Waals surface area contributed by atoms with Crippen molar-refractivity contribution >= 4 is 41.7 Å². The summed E-state index contributed by atoms with van der Waals surface area (Å²) in [7, 11) is 0. The second-order valence-corrected chi connectivity index (χ2v) is 7.41. The molecule has 0 aromatic heterocycles. The molecule has 2 aliphatic heterocycles. The van der Waals surface area contributed by atoms with Crippen molar-refractivity contribution in [2.24, 2.45) is 10.9 Å². The van der Waals surface area contributed by atoms with Crippen molar-refractivity contribution < 1.29 is 14.6 Å². The predicted molar refractivity (Wildman–Crippen MR) is 111 cm³/mol. The molecule has 2 rings (SSSR count). The Balaban J connectivity index is 0.00000288. The highest BCUT2D eigenvalue weighted by Gasteiger charge is 2.31. The van der Waals surface area contributed by atoms with Crippen LogP contribution in [0.5, 0.6) is 0 Å². The average molecular weight is 473 g/mol. The number of aliphatic hydroxyl groups is 1. The van der Waals surface area contributed by atoms with E-state index in [1.54, 1.807) is 11.8 Å². The third kappa shape index (κ3) is 8.55. The molecule has 2 fully saturated rings. The Morgan fingerprint density at radius 1 is 1.46 bits per heavy atom. The number of hydrogen-bond donors (Lipinski definition) is 3. The summed E-state index contributed by atoms with van der Waals surface area (Å²) in [4.78, 5) is 4.52. The molecule has 0 aromatic rings. The van der Waals surface area contributed by atoms with Gasteiger partial charge in [0.05, 0.1) is 25.4 Å². The molecule has 0 radical (unpaired) electrons. The molecule has 6 nitrogen and oxygen atoms in total. The zero-order valence-corrected chi connectivity index (χ0v) is 17.7. The lowest BCUT2D eigenvalue weighted by molar-refractivity contribution is 0.0777. The molecule has 2 saturated heterocycles. The van der Waals surface area contributed by atoms with Crippen LogP contribution in [0, 0.1) is 5.92 Å². The summed E-state index contributed by atoms with van der Waals surface area (Å²) in [6.07, 6.45) is 2.90. The van der Waals surface area contributed by atoms with Gasteiger partial charge in [-0.05, 0) is 31.9 Å². The lowest BCUT2D eigenvalue weighted by Gasteiger charge is -2.19. The molecule has 3 N–H and O–H groups in total. The summed E-state index contributed by atoms with van der Waals surface area (Å²) < 4.78 is 11.0. The molecule has 8 heteroatoms. The molecule has 0 amide bonds. The number of rotatable bonds is 9. The first-order valence-electron chi connectivity index (χ1n) is 8.70. The summed E-state index contributed by atoms with van der Waals surface area (Å²) in [5.41, 5.74) is -0.626. The van der Waals surface area contributed by atoms with Gasteiger partial charge >= 0.3 is 0 Å². The zero-order chi connectivity index (χ0) is 16.4. The molecule has 0 saturated carbocycles. The molecule has 142 valence electrons. The van der Waals surface area contributed by atoms with Crippen LogP contribution in [0.25, 0.3) is 0 Å². The second-order valence-electron chi connectivity index (χ2n) is 6.31. The van der Waals surface area contributed by atoms with Crippen LogP contribution in [-0.2, 0) is 9.47 Å². The van der Waals surface area contributed by atoms with Gasteiger partial charge in [-0.1, -0.05) is 0 Å². The van der Waals surface area contributed by atoms with Crippen LogP contribution in [0.3, 0.4) is 0 Å². The fourth-order valence-electron chi connectivity index (χ4n) is 2.63. The van der Waals surface area contributed by atoms with Crippen LogP contribution in [0.2, 0.25) is 0 Å². The summed E-state index contributed by atoms with van der Waals surface area (Å²) >= 11 is 1.80. The van der Waals surface area contributed by atoms with Gasteiger partial charge in [0, 0.05) is 38.0 Å². The van der Waals surface area contributed by atoms with Crippen molar-refractivity contribution in [1.29, 1.82) is 0 Å². The average Bonchev–Trinajstić information content (AvgIpc) is 3.20. The van der Waals surface area contributed by atoms with Crippen LogP contribution in [-0.4, -0.2) is 74.2 Å². The third-order valence-corrected chi connectivity index (χ3v) is 5.33. The van der Waals surface area contributed by atoms with Gasteiger partial charge in [-0.15, -0.1) is 24.0 Å². The Morgan fingerprint density at radius 2 is 2.33 bits per heavy atom. The highest BCUT2D eigenvalue weighted by molar-refractivity contribution is 14.0. The Morgan fingerprint density at radius 3 is 3.00 bits per heavy atom. The quantitative estimate of drug-likeness (QED) is 0.204. The van der Waals surface area contributed by atoms with Gasteiger partial charge in [-0.25, -0.2) is 0 Å². The van der Waals surface area contributed by atoms with E-state index in [4.69, 9.17) is 9.47 Å². The van der Waals surface area contributed by atoms with E-state index in [1.807, 2.05) is 6.92 Å². The number of aliphatic imine (C=N–C) groups is 1. The number of ether oxygens (including phenoxy) is 2. The van der Waals surface area contributed by atoms with E-state index < -0.39 is 5.60 Å². The fraction of sp³-hybridized carbons (Fsp3) is 0.938. The van der Waals surface area contributed by atoms with Gasteiger partial charge in [0.25, 0.3) is 0 Å². The molecule has 0 aliphatic carbocycles. The van der Waals surface area contributed by atoms with E-state index in [2.05, 4.69) is 15.6 Å². The van der Waals surface area contributed by atoms with E-state index in [0.717, 1.165) is 76.2 Å². The van der Waals surface area contributed by atoms with Crippen molar-refractivity contribution in [1.82, 2.24) is 10.6 Å². The van der Waals surface area contributed by atoms with Crippen LogP contribution >= 0.6 is 35.7 Å². The minimum Gasteiger partial charge on any atom is -0.387 e. The summed E-state index contributed by atoms with van der Waals surface area (Å²) in [5, 5.41) is 16.9. The standard InChI is InChI=1S/C16H31N3O3S.HI/c1-2-17-15(19-12-16(20)5-9-23-13-16)18-6-3-7-21-10-14-4-8-22-11-14;/h14,20H,2-13H2,1H3,(H2,17,18,19);1H. The summed E-state index contributed by atoms with van der Waals surface area (Å²) in [5.74, 6) is 3.17. The smallest absolute Gasteiger partial charge is 0.191 e. The molecule has 0 spiro atoms. The van der Waals surface area contributed by atoms with E-state index in [0.29, 0.717) is 12.5 Å². The zero-order valence-electron chi connectivity index (χ0n) is 14.6. The third-order valence-electron chi connectivity index (χ3n) is 4.09. The Hall–Kier alpha value is 0.230. The van der Waals surface area contributed by atoms with Crippen LogP contribution in [0.4, 0.5) is 0 Å². The van der Waals surface area contributed by atoms with Gasteiger partial charge in [0.1, 0.15) is 0 Å². The van der Waals surface area contributed by atoms with E-state index in [1.165, 1.54) is 0 Å². The van der Waals surface area contributed by atoms with E-state index >= 15 is 0 Å². The minimum atomic E-state index is -0.626. The van der Waals surface area contributed by atoms with Crippen LogP contribution < -0.4 is 10.6 Å². The molecular formula is C16H32IN3O3S. The number of halogens is 1. The Bertz CT molecular complexity index is 362. The number of thioether (sulfide) groups is 1. The molecule has 0 aromatic carbocycles. The van der Waals surface area contributed by atoms with Crippen molar-refractivity contribution in [3.05, 3.63) is 0 Å². The normalized spacial score (nSPS) is 27.1. The number of nitrogens with one attached hydrogen (secondary N) is 2. The molecule has 2 aliphatic rings. The molecule has 2 unspecified atom stereocenters. The molecule has 2 atom stereocenters. The van der Waals surface area contributed by atoms with Gasteiger partial charge in [0.2, 0.25) is 0 Å². The first-order valence-corrected chi connectivity index (χ1v) is 9.85. The van der Waals surface area contributed by atoms with E-state index in [9.17, 15) is 5.11 Å². The van der Waals surface area contributed by atoms with Crippen molar-refractivity contribution in [2.45, 2.75) is 31.8 Å². The van der Waals surface area contributed by atoms with Crippen molar-refractivity contribution in [3.8, 4) is 0 Å². The SMILES string of the molecule is CCNC(=NCC1(O)CCSC1)NCCCOCC1CCOC1.I. The maximum atomic E-state index is 10.3. The summed E-state index contributed by atoms with van der Waals surface area (Å²) in [6.45, 7) is 7.43. The topological polar surface area (TPSA) is 75.1 Å². The Kier molecular flexibility index (Phi) is 11.7. The molecular weight excluding hydrogens is 441 g/mol. The monoisotopic (exact) mass is 473 g/mol. The van der Waals surface area contributed by atoms with Crippen LogP contribution in [0.15, 0.2) is 4.99 Å². The molecule has 2 heterocycles. The second kappa shape index (κ2) is 12.6. The lowest BCUT2D eigenvalue weighted by atomic mass is 10.1. The predicted octanol–water partition coefficient (Wildman–Crippen LogP) is 1.47. The number of guanidine groups is 1. The Labute approximate surface area is 166 Å². The largest absolute Gasteiger partial charge is 0.387 e.